The van der Waals surface area contributed by atoms with Gasteiger partial charge in [-0.15, -0.1) is 0 Å². The van der Waals surface area contributed by atoms with Gasteiger partial charge in [0.15, 0.2) is 0 Å². The molecular formula is C29H25BrClN3O4S. The predicted molar refractivity (Wildman–Crippen MR) is 158 cm³/mol. The Kier molecular flexibility index (Phi) is 9.40. The molecule has 0 atom stereocenters. The summed E-state index contributed by atoms with van der Waals surface area (Å²) in [6.45, 7) is 1.75. The summed E-state index contributed by atoms with van der Waals surface area (Å²) in [5.74, 6) is 0.0621. The van der Waals surface area contributed by atoms with Gasteiger partial charge in [0.2, 0.25) is 0 Å². The van der Waals surface area contributed by atoms with E-state index in [2.05, 4.69) is 26.5 Å². The number of aryl methyl sites for hydroxylation is 1. The number of hydrogen-bond acceptors (Lipinski definition) is 5. The van der Waals surface area contributed by atoms with E-state index in [-0.39, 0.29) is 4.90 Å². The minimum atomic E-state index is -4.01. The zero-order valence-electron chi connectivity index (χ0n) is 20.9. The Balaban J connectivity index is 1.40. The van der Waals surface area contributed by atoms with Gasteiger partial charge in [0, 0.05) is 15.1 Å². The first-order valence-electron chi connectivity index (χ1n) is 11.9. The van der Waals surface area contributed by atoms with E-state index in [9.17, 15) is 13.2 Å². The Hall–Kier alpha value is -3.66. The second-order valence-electron chi connectivity index (χ2n) is 8.54. The van der Waals surface area contributed by atoms with Crippen molar-refractivity contribution in [3.63, 3.8) is 0 Å². The van der Waals surface area contributed by atoms with Crippen molar-refractivity contribution in [2.75, 3.05) is 10.8 Å². The van der Waals surface area contributed by atoms with E-state index >= 15 is 0 Å². The Labute approximate surface area is 241 Å². The van der Waals surface area contributed by atoms with Gasteiger partial charge in [-0.05, 0) is 79.2 Å². The summed E-state index contributed by atoms with van der Waals surface area (Å²) in [6, 6.07) is 27.7. The van der Waals surface area contributed by atoms with Crippen molar-refractivity contribution in [3.05, 3.63) is 123 Å². The summed E-state index contributed by atoms with van der Waals surface area (Å²) in [5.41, 5.74) is 5.29. The van der Waals surface area contributed by atoms with E-state index in [0.717, 1.165) is 25.5 Å². The first kappa shape index (κ1) is 28.4. The molecule has 200 valence electrons. The number of halogens is 2. The van der Waals surface area contributed by atoms with E-state index in [0.29, 0.717) is 23.1 Å². The number of hydrazone groups is 1. The lowest BCUT2D eigenvalue weighted by Crippen LogP contribution is -2.39. The van der Waals surface area contributed by atoms with Crippen LogP contribution in [0, 0.1) is 6.92 Å². The van der Waals surface area contributed by atoms with Gasteiger partial charge in [-0.2, -0.15) is 5.10 Å². The molecule has 10 heteroatoms. The lowest BCUT2D eigenvalue weighted by molar-refractivity contribution is -0.119. The van der Waals surface area contributed by atoms with Crippen LogP contribution in [0.2, 0.25) is 5.02 Å². The Morgan fingerprint density at radius 1 is 0.974 bits per heavy atom. The Morgan fingerprint density at radius 3 is 2.31 bits per heavy atom. The number of carbonyl (C=O) groups is 1. The van der Waals surface area contributed by atoms with Crippen molar-refractivity contribution < 1.29 is 17.9 Å². The molecule has 1 amide bonds. The van der Waals surface area contributed by atoms with Gasteiger partial charge >= 0.3 is 0 Å². The monoisotopic (exact) mass is 625 g/mol. The van der Waals surface area contributed by atoms with Gasteiger partial charge < -0.3 is 4.74 Å². The number of carbonyl (C=O) groups excluding carboxylic acids is 1. The highest BCUT2D eigenvalue weighted by molar-refractivity contribution is 9.10. The second-order valence-corrected chi connectivity index (χ2v) is 11.7. The van der Waals surface area contributed by atoms with Crippen LogP contribution < -0.4 is 14.5 Å². The number of sulfonamides is 1. The summed E-state index contributed by atoms with van der Waals surface area (Å²) in [5, 5.41) is 4.63. The highest BCUT2D eigenvalue weighted by atomic mass is 79.9. The molecule has 4 rings (SSSR count). The zero-order chi connectivity index (χ0) is 27.8. The summed E-state index contributed by atoms with van der Waals surface area (Å²) in [6.07, 6.45) is 1.47. The zero-order valence-corrected chi connectivity index (χ0v) is 24.1. The maximum absolute atomic E-state index is 13.4. The summed E-state index contributed by atoms with van der Waals surface area (Å²) < 4.78 is 34.5. The van der Waals surface area contributed by atoms with E-state index in [4.69, 9.17) is 16.3 Å². The normalized spacial score (nSPS) is 11.4. The molecule has 39 heavy (non-hydrogen) atoms. The topological polar surface area (TPSA) is 88.1 Å². The van der Waals surface area contributed by atoms with Crippen LogP contribution in [-0.2, 0) is 21.4 Å². The largest absolute Gasteiger partial charge is 0.489 e. The molecule has 0 aromatic heterocycles. The number of anilines is 1. The van der Waals surface area contributed by atoms with E-state index in [1.807, 2.05) is 31.2 Å². The molecule has 0 radical (unpaired) electrons. The fourth-order valence-corrected chi connectivity index (χ4v) is 5.41. The number of benzene rings is 4. The Bertz CT molecular complexity index is 1560. The van der Waals surface area contributed by atoms with Gasteiger partial charge in [-0.25, -0.2) is 13.8 Å². The maximum Gasteiger partial charge on any atom is 0.264 e. The summed E-state index contributed by atoms with van der Waals surface area (Å²) in [4.78, 5) is 12.8. The van der Waals surface area contributed by atoms with Gasteiger partial charge in [0.05, 0.1) is 16.8 Å². The minimum absolute atomic E-state index is 0.0872. The molecule has 0 aliphatic rings. The number of nitrogens with one attached hydrogen (secondary N) is 1. The van der Waals surface area contributed by atoms with Crippen LogP contribution in [0.1, 0.15) is 16.7 Å². The quantitative estimate of drug-likeness (QED) is 0.165. The van der Waals surface area contributed by atoms with Crippen LogP contribution in [-0.4, -0.2) is 27.1 Å². The number of rotatable bonds is 10. The molecule has 1 N–H and O–H groups in total. The molecule has 0 saturated heterocycles. The van der Waals surface area contributed by atoms with Gasteiger partial charge in [0.1, 0.15) is 18.9 Å². The molecule has 0 bridgehead atoms. The first-order valence-corrected chi connectivity index (χ1v) is 14.5. The van der Waals surface area contributed by atoms with Crippen LogP contribution in [0.4, 0.5) is 5.69 Å². The van der Waals surface area contributed by atoms with E-state index in [1.165, 1.54) is 18.3 Å². The number of ether oxygens (including phenoxy) is 1. The molecule has 4 aromatic rings. The molecular weight excluding hydrogens is 602 g/mol. The SMILES string of the molecule is Cc1ccc(S(=O)(=O)N(CC(=O)N/N=C\c2ccc(OCc3ccccc3Cl)cc2)c2ccc(Br)cc2)cc1. The Morgan fingerprint density at radius 2 is 1.64 bits per heavy atom. The van der Waals surface area contributed by atoms with Crippen LogP contribution in [0.5, 0.6) is 5.75 Å². The molecule has 0 aliphatic heterocycles. The fraction of sp³-hybridized carbons (Fsp3) is 0.103. The van der Waals surface area contributed by atoms with Crippen molar-refractivity contribution in [2.45, 2.75) is 18.4 Å². The van der Waals surface area contributed by atoms with Crippen LogP contribution in [0.3, 0.4) is 0 Å². The highest BCUT2D eigenvalue weighted by Gasteiger charge is 2.27. The van der Waals surface area contributed by atoms with Crippen LogP contribution >= 0.6 is 27.5 Å². The number of amides is 1. The van der Waals surface area contributed by atoms with Crippen molar-refractivity contribution in [3.8, 4) is 5.75 Å². The molecule has 0 aliphatic carbocycles. The average molecular weight is 627 g/mol. The van der Waals surface area contributed by atoms with Crippen LogP contribution in [0.15, 0.2) is 112 Å². The molecule has 7 nitrogen and oxygen atoms in total. The van der Waals surface area contributed by atoms with Crippen molar-refractivity contribution in [1.29, 1.82) is 0 Å². The third-order valence-corrected chi connectivity index (χ3v) is 8.33. The minimum Gasteiger partial charge on any atom is -0.489 e. The van der Waals surface area contributed by atoms with E-state index < -0.39 is 22.5 Å². The predicted octanol–water partition coefficient (Wildman–Crippen LogP) is 6.34. The van der Waals surface area contributed by atoms with Gasteiger partial charge in [0.25, 0.3) is 15.9 Å². The molecule has 0 heterocycles. The second kappa shape index (κ2) is 12.9. The number of hydrogen-bond donors (Lipinski definition) is 1. The molecule has 0 fully saturated rings. The third kappa shape index (κ3) is 7.69. The van der Waals surface area contributed by atoms with Crippen molar-refractivity contribution in [2.24, 2.45) is 5.10 Å². The molecule has 0 saturated carbocycles. The van der Waals surface area contributed by atoms with Crippen molar-refractivity contribution in [1.82, 2.24) is 5.43 Å². The average Bonchev–Trinajstić information content (AvgIpc) is 2.93. The van der Waals surface area contributed by atoms with Gasteiger partial charge in [-0.1, -0.05) is 63.4 Å². The fourth-order valence-electron chi connectivity index (χ4n) is 3.53. The first-order chi connectivity index (χ1) is 18.7. The maximum atomic E-state index is 13.4. The van der Waals surface area contributed by atoms with Crippen LogP contribution in [0.25, 0.3) is 0 Å². The standard InChI is InChI=1S/C29H25BrClN3O4S/c1-21-6-16-27(17-7-21)39(36,37)34(25-12-10-24(30)11-13-25)19-29(35)33-32-18-22-8-14-26(15-9-22)38-20-23-4-2-3-5-28(23)31/h2-18H,19-20H2,1H3,(H,33,35)/b32-18-. The molecule has 4 aromatic carbocycles. The summed E-state index contributed by atoms with van der Waals surface area (Å²) >= 11 is 9.51. The highest BCUT2D eigenvalue weighted by Crippen LogP contribution is 2.25. The molecule has 0 spiro atoms. The third-order valence-electron chi connectivity index (χ3n) is 5.65. The number of nitrogens with zero attached hydrogens (tertiary/aromatic N) is 2. The smallest absolute Gasteiger partial charge is 0.264 e. The van der Waals surface area contributed by atoms with Crippen molar-refractivity contribution >= 4 is 55.4 Å². The molecule has 0 unspecified atom stereocenters. The summed E-state index contributed by atoms with van der Waals surface area (Å²) in [7, 11) is -4.01. The lowest BCUT2D eigenvalue weighted by atomic mass is 10.2. The van der Waals surface area contributed by atoms with E-state index in [1.54, 1.807) is 60.7 Å². The lowest BCUT2D eigenvalue weighted by Gasteiger charge is -2.23. The van der Waals surface area contributed by atoms with Gasteiger partial charge in [-0.3, -0.25) is 9.10 Å².